The molecule has 1 aliphatic rings. The van der Waals surface area contributed by atoms with Crippen molar-refractivity contribution in [1.82, 2.24) is 19.8 Å². The van der Waals surface area contributed by atoms with Gasteiger partial charge in [-0.05, 0) is 58.1 Å². The molecule has 1 aromatic carbocycles. The lowest BCUT2D eigenvalue weighted by Gasteiger charge is -2.21. The van der Waals surface area contributed by atoms with Crippen LogP contribution in [0.5, 0.6) is 0 Å². The third kappa shape index (κ3) is 7.21. The second kappa shape index (κ2) is 12.2. The molecule has 2 heterocycles. The highest BCUT2D eigenvalue weighted by Gasteiger charge is 2.31. The number of nitrogens with one attached hydrogen (secondary N) is 2. The maximum absolute atomic E-state index is 13.0. The quantitative estimate of drug-likeness (QED) is 0.356. The van der Waals surface area contributed by atoms with Gasteiger partial charge in [-0.1, -0.05) is 44.2 Å². The van der Waals surface area contributed by atoms with Crippen molar-refractivity contribution >= 4 is 28.9 Å². The Morgan fingerprint density at radius 3 is 2.39 bits per heavy atom. The van der Waals surface area contributed by atoms with E-state index in [9.17, 15) is 19.2 Å². The minimum absolute atomic E-state index is 0.229. The number of imidazole rings is 1. The summed E-state index contributed by atoms with van der Waals surface area (Å²) in [7, 11) is 1.74. The van der Waals surface area contributed by atoms with E-state index in [0.29, 0.717) is 13.0 Å². The normalized spacial score (nSPS) is 16.3. The molecule has 1 aliphatic heterocycles. The number of para-hydroxylation sites is 1. The van der Waals surface area contributed by atoms with Crippen LogP contribution < -0.4 is 16.3 Å². The van der Waals surface area contributed by atoms with Crippen LogP contribution in [-0.2, 0) is 27.8 Å². The van der Waals surface area contributed by atoms with Gasteiger partial charge in [0.05, 0.1) is 11.0 Å². The number of carbonyl (C=O) groups excluding carboxylic acids is 3. The molecule has 0 radical (unpaired) electrons. The third-order valence-corrected chi connectivity index (χ3v) is 6.50. The van der Waals surface area contributed by atoms with Gasteiger partial charge in [0.2, 0.25) is 11.8 Å². The van der Waals surface area contributed by atoms with Gasteiger partial charge in [-0.3, -0.25) is 24.0 Å². The molecule has 0 saturated carbocycles. The topological polar surface area (TPSA) is 111 Å². The highest BCUT2D eigenvalue weighted by Crippen LogP contribution is 2.26. The molecule has 2 aromatic rings. The lowest BCUT2D eigenvalue weighted by Crippen LogP contribution is -2.44. The van der Waals surface area contributed by atoms with E-state index >= 15 is 0 Å². The molecule has 1 saturated heterocycles. The maximum atomic E-state index is 13.0. The zero-order valence-corrected chi connectivity index (χ0v) is 22.0. The van der Waals surface area contributed by atoms with Crippen LogP contribution in [0.15, 0.2) is 23.0 Å². The Hall–Kier alpha value is -3.10. The second-order valence-electron chi connectivity index (χ2n) is 10.6. The first-order chi connectivity index (χ1) is 17.1. The van der Waals surface area contributed by atoms with Crippen molar-refractivity contribution in [2.45, 2.75) is 96.6 Å². The number of ether oxygens (including phenoxy) is 1. The van der Waals surface area contributed by atoms with Gasteiger partial charge in [0, 0.05) is 20.0 Å². The zero-order chi connectivity index (χ0) is 26.3. The smallest absolute Gasteiger partial charge is 0.407 e. The lowest BCUT2D eigenvalue weighted by atomic mass is 10.0. The van der Waals surface area contributed by atoms with Crippen LogP contribution in [0, 0.1) is 0 Å². The summed E-state index contributed by atoms with van der Waals surface area (Å²) < 4.78 is 8.39. The highest BCUT2D eigenvalue weighted by atomic mass is 16.6. The Bertz CT molecular complexity index is 1140. The van der Waals surface area contributed by atoms with Crippen molar-refractivity contribution in [3.05, 3.63) is 34.2 Å². The molecule has 1 unspecified atom stereocenters. The number of piperidine rings is 1. The summed E-state index contributed by atoms with van der Waals surface area (Å²) in [6.45, 7) is 6.19. The lowest BCUT2D eigenvalue weighted by molar-refractivity contribution is -0.135. The molecule has 36 heavy (non-hydrogen) atoms. The van der Waals surface area contributed by atoms with Gasteiger partial charge in [0.15, 0.2) is 0 Å². The zero-order valence-electron chi connectivity index (χ0n) is 22.0. The number of hydrogen-bond donors (Lipinski definition) is 2. The number of fused-ring (bicyclic) bond motifs is 1. The number of aryl methyl sites for hydroxylation is 2. The van der Waals surface area contributed by atoms with E-state index in [-0.39, 0.29) is 24.1 Å². The average molecular weight is 501 g/mol. The van der Waals surface area contributed by atoms with Crippen LogP contribution >= 0.6 is 0 Å². The van der Waals surface area contributed by atoms with E-state index in [2.05, 4.69) is 10.6 Å². The monoisotopic (exact) mass is 500 g/mol. The van der Waals surface area contributed by atoms with E-state index in [4.69, 9.17) is 4.74 Å². The largest absolute Gasteiger partial charge is 0.444 e. The number of carbonyl (C=O) groups is 3. The molecule has 3 rings (SSSR count). The summed E-state index contributed by atoms with van der Waals surface area (Å²) >= 11 is 0. The Labute approximate surface area is 212 Å². The van der Waals surface area contributed by atoms with Gasteiger partial charge in [0.1, 0.15) is 11.6 Å². The number of nitrogens with zero attached hydrogens (tertiary/aromatic N) is 2. The number of aromatic nitrogens is 2. The number of rotatable bonds is 11. The number of unbranched alkanes of at least 4 members (excludes halogenated alkanes) is 6. The van der Waals surface area contributed by atoms with Crippen molar-refractivity contribution in [1.29, 1.82) is 0 Å². The van der Waals surface area contributed by atoms with Crippen molar-refractivity contribution in [3.8, 4) is 0 Å². The highest BCUT2D eigenvalue weighted by molar-refractivity contribution is 6.00. The molecule has 1 fully saturated rings. The summed E-state index contributed by atoms with van der Waals surface area (Å²) in [6.07, 6.45) is 8.66. The van der Waals surface area contributed by atoms with Crippen molar-refractivity contribution in [2.75, 3.05) is 6.54 Å². The van der Waals surface area contributed by atoms with Crippen LogP contribution in [0.1, 0.15) is 90.2 Å². The average Bonchev–Trinajstić information content (AvgIpc) is 3.05. The minimum Gasteiger partial charge on any atom is -0.444 e. The molecular formula is C27H40N4O5. The number of amides is 3. The van der Waals surface area contributed by atoms with Gasteiger partial charge < -0.3 is 10.1 Å². The fourth-order valence-corrected chi connectivity index (χ4v) is 4.78. The summed E-state index contributed by atoms with van der Waals surface area (Å²) in [4.78, 5) is 48.6. The van der Waals surface area contributed by atoms with Crippen LogP contribution in [0.2, 0.25) is 0 Å². The molecule has 2 N–H and O–H groups in total. The van der Waals surface area contributed by atoms with E-state index in [1.807, 2.05) is 39.0 Å². The van der Waals surface area contributed by atoms with Gasteiger partial charge in [-0.15, -0.1) is 0 Å². The van der Waals surface area contributed by atoms with Gasteiger partial charge in [-0.25, -0.2) is 9.59 Å². The Morgan fingerprint density at radius 2 is 1.72 bits per heavy atom. The fourth-order valence-electron chi connectivity index (χ4n) is 4.78. The summed E-state index contributed by atoms with van der Waals surface area (Å²) in [6, 6.07) is 5.20. The van der Waals surface area contributed by atoms with Gasteiger partial charge >= 0.3 is 11.8 Å². The van der Waals surface area contributed by atoms with Crippen molar-refractivity contribution in [2.24, 2.45) is 7.05 Å². The molecule has 9 heteroatoms. The predicted molar refractivity (Wildman–Crippen MR) is 139 cm³/mol. The van der Waals surface area contributed by atoms with E-state index in [1.165, 1.54) is 4.57 Å². The SMILES string of the molecule is Cn1c(=O)n(C2CCC(=O)NC2=O)c2cccc(CCCCCCCCCNC(=O)OC(C)(C)C)c21. The molecule has 3 amide bonds. The number of imide groups is 1. The summed E-state index contributed by atoms with van der Waals surface area (Å²) in [5.74, 6) is -0.699. The molecule has 0 bridgehead atoms. The number of hydrogen-bond acceptors (Lipinski definition) is 5. The first-order valence-electron chi connectivity index (χ1n) is 13.1. The van der Waals surface area contributed by atoms with E-state index in [1.54, 1.807) is 11.6 Å². The number of benzene rings is 1. The Kier molecular flexibility index (Phi) is 9.34. The van der Waals surface area contributed by atoms with Gasteiger partial charge in [-0.2, -0.15) is 0 Å². The van der Waals surface area contributed by atoms with Crippen LogP contribution in [0.4, 0.5) is 4.79 Å². The first kappa shape index (κ1) is 27.5. The maximum Gasteiger partial charge on any atom is 0.407 e. The molecule has 198 valence electrons. The first-order valence-corrected chi connectivity index (χ1v) is 13.1. The third-order valence-electron chi connectivity index (χ3n) is 6.50. The molecule has 0 spiro atoms. The fraction of sp³-hybridized carbons (Fsp3) is 0.630. The standard InChI is InChI=1S/C27H40N4O5/c1-27(2,3)36-25(34)28-18-11-9-7-5-6-8-10-13-19-14-12-15-20-23(19)30(4)26(35)31(20)21-16-17-22(32)29-24(21)33/h12,14-15,21H,5-11,13,16-18H2,1-4H3,(H,28,34)(H,29,32,33). The van der Waals surface area contributed by atoms with Crippen LogP contribution in [0.25, 0.3) is 11.0 Å². The molecule has 0 aliphatic carbocycles. The Morgan fingerprint density at radius 1 is 1.06 bits per heavy atom. The molecule has 1 aromatic heterocycles. The van der Waals surface area contributed by atoms with Crippen molar-refractivity contribution < 1.29 is 19.1 Å². The number of alkyl carbamates (subject to hydrolysis) is 1. The minimum atomic E-state index is -0.659. The molecular weight excluding hydrogens is 460 g/mol. The second-order valence-corrected chi connectivity index (χ2v) is 10.6. The molecule has 1 atom stereocenters. The summed E-state index contributed by atoms with van der Waals surface area (Å²) in [5.41, 5.74) is 2.01. The van der Waals surface area contributed by atoms with Crippen LogP contribution in [0.3, 0.4) is 0 Å². The van der Waals surface area contributed by atoms with E-state index < -0.39 is 17.6 Å². The van der Waals surface area contributed by atoms with E-state index in [0.717, 1.165) is 68.0 Å². The predicted octanol–water partition coefficient (Wildman–Crippen LogP) is 4.12. The van der Waals surface area contributed by atoms with Crippen LogP contribution in [-0.4, -0.2) is 39.2 Å². The van der Waals surface area contributed by atoms with Crippen molar-refractivity contribution in [3.63, 3.8) is 0 Å². The Balaban J connectivity index is 1.43. The molecule has 9 nitrogen and oxygen atoms in total. The van der Waals surface area contributed by atoms with Gasteiger partial charge in [0.25, 0.3) is 0 Å². The summed E-state index contributed by atoms with van der Waals surface area (Å²) in [5, 5.41) is 5.15.